The predicted molar refractivity (Wildman–Crippen MR) is 88.0 cm³/mol. The zero-order valence-electron chi connectivity index (χ0n) is 11.4. The third-order valence-electron chi connectivity index (χ3n) is 3.57. The normalized spacial score (nSPS) is 11.1. The number of carbonyl (C=O) groups is 1. The standard InChI is InChI=1S/C17H11FN2OS/c18-13-2-1-3-14-12(13)9-15(20-14)17(21)19-11-4-5-16-10(8-11)6-7-22-16/h1-9,20H,(H,19,21). The topological polar surface area (TPSA) is 44.9 Å². The van der Waals surface area contributed by atoms with Crippen molar-refractivity contribution in [1.29, 1.82) is 0 Å². The summed E-state index contributed by atoms with van der Waals surface area (Å²) in [5, 5.41) is 6.35. The van der Waals surface area contributed by atoms with E-state index in [1.807, 2.05) is 29.6 Å². The minimum absolute atomic E-state index is 0.287. The Hall–Kier alpha value is -2.66. The largest absolute Gasteiger partial charge is 0.350 e. The van der Waals surface area contributed by atoms with Crippen LogP contribution in [0.5, 0.6) is 0 Å². The van der Waals surface area contributed by atoms with E-state index in [1.54, 1.807) is 23.5 Å². The summed E-state index contributed by atoms with van der Waals surface area (Å²) in [6.45, 7) is 0. The van der Waals surface area contributed by atoms with Gasteiger partial charge in [-0.25, -0.2) is 4.39 Å². The zero-order chi connectivity index (χ0) is 15.1. The van der Waals surface area contributed by atoms with E-state index in [1.165, 1.54) is 16.8 Å². The second kappa shape index (κ2) is 4.96. The summed E-state index contributed by atoms with van der Waals surface area (Å²) < 4.78 is 14.9. The number of nitrogens with one attached hydrogen (secondary N) is 2. The van der Waals surface area contributed by atoms with Crippen molar-refractivity contribution in [2.75, 3.05) is 5.32 Å². The van der Waals surface area contributed by atoms with Crippen LogP contribution in [0, 0.1) is 5.82 Å². The van der Waals surface area contributed by atoms with Gasteiger partial charge < -0.3 is 10.3 Å². The van der Waals surface area contributed by atoms with Gasteiger partial charge in [-0.05, 0) is 53.2 Å². The molecule has 2 aromatic carbocycles. The van der Waals surface area contributed by atoms with Gasteiger partial charge in [-0.15, -0.1) is 11.3 Å². The molecule has 0 aliphatic carbocycles. The highest BCUT2D eigenvalue weighted by Gasteiger charge is 2.12. The average Bonchev–Trinajstić information content (AvgIpc) is 3.13. The van der Waals surface area contributed by atoms with Crippen LogP contribution < -0.4 is 5.32 Å². The number of fused-ring (bicyclic) bond motifs is 2. The Bertz CT molecular complexity index is 1000. The van der Waals surface area contributed by atoms with Gasteiger partial charge in [-0.3, -0.25) is 4.79 Å². The summed E-state index contributed by atoms with van der Waals surface area (Å²) in [4.78, 5) is 15.2. The Morgan fingerprint density at radius 3 is 2.91 bits per heavy atom. The molecular weight excluding hydrogens is 299 g/mol. The molecule has 5 heteroatoms. The highest BCUT2D eigenvalue weighted by atomic mass is 32.1. The molecule has 0 spiro atoms. The minimum Gasteiger partial charge on any atom is -0.350 e. The molecule has 0 unspecified atom stereocenters. The number of benzene rings is 2. The van der Waals surface area contributed by atoms with Crippen LogP contribution in [0.4, 0.5) is 10.1 Å². The van der Waals surface area contributed by atoms with Gasteiger partial charge in [0, 0.05) is 21.3 Å². The maximum Gasteiger partial charge on any atom is 0.272 e. The number of halogens is 1. The average molecular weight is 310 g/mol. The number of thiophene rings is 1. The molecule has 108 valence electrons. The van der Waals surface area contributed by atoms with E-state index >= 15 is 0 Å². The Morgan fingerprint density at radius 1 is 1.14 bits per heavy atom. The highest BCUT2D eigenvalue weighted by molar-refractivity contribution is 7.17. The maximum atomic E-state index is 13.7. The van der Waals surface area contributed by atoms with Crippen molar-refractivity contribution in [3.05, 3.63) is 65.4 Å². The molecule has 0 saturated heterocycles. The van der Waals surface area contributed by atoms with E-state index in [0.29, 0.717) is 16.6 Å². The van der Waals surface area contributed by atoms with Gasteiger partial charge in [0.25, 0.3) is 5.91 Å². The molecule has 1 amide bonds. The Balaban J connectivity index is 1.66. The molecule has 0 bridgehead atoms. The van der Waals surface area contributed by atoms with Gasteiger partial charge >= 0.3 is 0 Å². The van der Waals surface area contributed by atoms with Crippen LogP contribution in [-0.2, 0) is 0 Å². The fourth-order valence-corrected chi connectivity index (χ4v) is 3.25. The molecule has 3 nitrogen and oxygen atoms in total. The van der Waals surface area contributed by atoms with Crippen LogP contribution in [0.25, 0.3) is 21.0 Å². The van der Waals surface area contributed by atoms with Gasteiger partial charge in [0.2, 0.25) is 0 Å². The summed E-state index contributed by atoms with van der Waals surface area (Å²) in [6.07, 6.45) is 0. The maximum absolute atomic E-state index is 13.7. The van der Waals surface area contributed by atoms with E-state index in [0.717, 1.165) is 11.1 Å². The second-order valence-corrected chi connectivity index (χ2v) is 5.96. The van der Waals surface area contributed by atoms with Crippen LogP contribution in [0.3, 0.4) is 0 Å². The van der Waals surface area contributed by atoms with E-state index in [4.69, 9.17) is 0 Å². The number of rotatable bonds is 2. The number of aromatic amines is 1. The van der Waals surface area contributed by atoms with E-state index in [2.05, 4.69) is 10.3 Å². The Labute approximate surface area is 129 Å². The predicted octanol–water partition coefficient (Wildman–Crippen LogP) is 4.77. The molecule has 0 fully saturated rings. The van der Waals surface area contributed by atoms with Crippen molar-refractivity contribution < 1.29 is 9.18 Å². The lowest BCUT2D eigenvalue weighted by molar-refractivity contribution is 0.102. The molecule has 0 atom stereocenters. The molecule has 0 saturated carbocycles. The van der Waals surface area contributed by atoms with Gasteiger partial charge in [0.1, 0.15) is 11.5 Å². The molecule has 0 aliphatic heterocycles. The first kappa shape index (κ1) is 13.0. The third-order valence-corrected chi connectivity index (χ3v) is 4.46. The number of amides is 1. The van der Waals surface area contributed by atoms with Crippen LogP contribution >= 0.6 is 11.3 Å². The molecule has 0 aliphatic rings. The van der Waals surface area contributed by atoms with Crippen molar-refractivity contribution in [1.82, 2.24) is 4.98 Å². The van der Waals surface area contributed by atoms with Crippen LogP contribution in [0.2, 0.25) is 0 Å². The number of hydrogen-bond acceptors (Lipinski definition) is 2. The molecule has 2 heterocycles. The molecular formula is C17H11FN2OS. The molecule has 4 rings (SSSR count). The van der Waals surface area contributed by atoms with Gasteiger partial charge in [0.15, 0.2) is 0 Å². The first-order valence-corrected chi connectivity index (χ1v) is 7.64. The summed E-state index contributed by atoms with van der Waals surface area (Å²) in [7, 11) is 0. The SMILES string of the molecule is O=C(Nc1ccc2sccc2c1)c1cc2c(F)cccc2[nH]1. The Kier molecular flexibility index (Phi) is 2.94. The molecule has 4 aromatic rings. The van der Waals surface area contributed by atoms with E-state index < -0.39 is 0 Å². The smallest absolute Gasteiger partial charge is 0.272 e. The van der Waals surface area contributed by atoms with Crippen molar-refractivity contribution in [3.63, 3.8) is 0 Å². The fraction of sp³-hybridized carbons (Fsp3) is 0. The first-order chi connectivity index (χ1) is 10.7. The monoisotopic (exact) mass is 310 g/mol. The lowest BCUT2D eigenvalue weighted by Crippen LogP contribution is -2.11. The number of anilines is 1. The first-order valence-electron chi connectivity index (χ1n) is 6.76. The van der Waals surface area contributed by atoms with Crippen LogP contribution in [0.1, 0.15) is 10.5 Å². The number of hydrogen-bond donors (Lipinski definition) is 2. The van der Waals surface area contributed by atoms with Crippen molar-refractivity contribution >= 4 is 43.9 Å². The summed E-state index contributed by atoms with van der Waals surface area (Å²) >= 11 is 1.66. The zero-order valence-corrected chi connectivity index (χ0v) is 12.2. The van der Waals surface area contributed by atoms with E-state index in [9.17, 15) is 9.18 Å². The third kappa shape index (κ3) is 2.16. The second-order valence-electron chi connectivity index (χ2n) is 5.01. The number of carbonyl (C=O) groups excluding carboxylic acids is 1. The molecule has 0 radical (unpaired) electrons. The molecule has 2 N–H and O–H groups in total. The lowest BCUT2D eigenvalue weighted by Gasteiger charge is -2.03. The highest BCUT2D eigenvalue weighted by Crippen LogP contribution is 2.25. The van der Waals surface area contributed by atoms with Crippen molar-refractivity contribution in [2.45, 2.75) is 0 Å². The van der Waals surface area contributed by atoms with Crippen molar-refractivity contribution in [2.24, 2.45) is 0 Å². The van der Waals surface area contributed by atoms with Crippen LogP contribution in [0.15, 0.2) is 53.9 Å². The number of aromatic nitrogens is 1. The van der Waals surface area contributed by atoms with Gasteiger partial charge in [0.05, 0.1) is 0 Å². The Morgan fingerprint density at radius 2 is 2.05 bits per heavy atom. The van der Waals surface area contributed by atoms with Crippen LogP contribution in [-0.4, -0.2) is 10.9 Å². The molecule has 2 aromatic heterocycles. The summed E-state index contributed by atoms with van der Waals surface area (Å²) in [5.41, 5.74) is 1.67. The minimum atomic E-state index is -0.340. The quantitative estimate of drug-likeness (QED) is 0.550. The molecule has 22 heavy (non-hydrogen) atoms. The fourth-order valence-electron chi connectivity index (χ4n) is 2.48. The van der Waals surface area contributed by atoms with Gasteiger partial charge in [-0.1, -0.05) is 6.07 Å². The number of H-pyrrole nitrogens is 1. The summed E-state index contributed by atoms with van der Waals surface area (Å²) in [6, 6.07) is 14.0. The van der Waals surface area contributed by atoms with E-state index in [-0.39, 0.29) is 11.7 Å². The lowest BCUT2D eigenvalue weighted by atomic mass is 10.2. The van der Waals surface area contributed by atoms with Crippen molar-refractivity contribution in [3.8, 4) is 0 Å². The summed E-state index contributed by atoms with van der Waals surface area (Å²) in [5.74, 6) is -0.627. The van der Waals surface area contributed by atoms with Gasteiger partial charge in [-0.2, -0.15) is 0 Å².